The third kappa shape index (κ3) is 22.1. The van der Waals surface area contributed by atoms with Crippen molar-refractivity contribution < 1.29 is 47.0 Å². The van der Waals surface area contributed by atoms with Gasteiger partial charge in [0.15, 0.2) is 16.6 Å². The smallest absolute Gasteiger partial charge is 0.248 e. The number of benzene rings is 2. The van der Waals surface area contributed by atoms with Gasteiger partial charge >= 0.3 is 0 Å². The van der Waals surface area contributed by atoms with Gasteiger partial charge in [-0.15, -0.1) is 0 Å². The SMILES string of the molecule is COc1cc(CNCC(C)(C)[C@@H](O[Si](C)(C)C(C)(C)C)C(=O)NCCC(=O)NCCSSCCNC(=O)CCNC(=O)[C@H](O[Si](C)(C)C(C)(C)C)C(C)(C)CNCc2cc(OC)cc(OC)c2)cc(OC)c1. The summed E-state index contributed by atoms with van der Waals surface area (Å²) in [4.78, 5) is 53.2. The summed E-state index contributed by atoms with van der Waals surface area (Å²) in [7, 11) is 4.97. The number of methoxy groups -OCH3 is 4. The van der Waals surface area contributed by atoms with E-state index in [9.17, 15) is 19.2 Å². The molecule has 20 heteroatoms. The fraction of sp³-hybridized carbons (Fsp3) is 0.692. The first kappa shape index (κ1) is 64.6. The van der Waals surface area contributed by atoms with Gasteiger partial charge in [-0.2, -0.15) is 0 Å². The van der Waals surface area contributed by atoms with Crippen LogP contribution < -0.4 is 50.8 Å². The molecule has 2 rings (SSSR count). The highest BCUT2D eigenvalue weighted by Gasteiger charge is 2.47. The number of amides is 4. The van der Waals surface area contributed by atoms with Crippen molar-refractivity contribution in [3.8, 4) is 23.0 Å². The molecule has 0 radical (unpaired) electrons. The molecule has 16 nitrogen and oxygen atoms in total. The van der Waals surface area contributed by atoms with E-state index in [1.165, 1.54) is 0 Å². The van der Waals surface area contributed by atoms with E-state index in [1.54, 1.807) is 50.0 Å². The van der Waals surface area contributed by atoms with Crippen molar-refractivity contribution in [2.24, 2.45) is 10.8 Å². The summed E-state index contributed by atoms with van der Waals surface area (Å²) in [5.74, 6) is 3.38. The van der Waals surface area contributed by atoms with Crippen molar-refractivity contribution in [2.75, 3.05) is 79.2 Å². The summed E-state index contributed by atoms with van der Waals surface area (Å²) in [5.41, 5.74) is 0.806. The molecule has 0 spiro atoms. The maximum Gasteiger partial charge on any atom is 0.248 e. The van der Waals surface area contributed by atoms with Crippen LogP contribution in [-0.4, -0.2) is 132 Å². The zero-order valence-electron chi connectivity index (χ0n) is 47.0. The van der Waals surface area contributed by atoms with Crippen LogP contribution in [0.3, 0.4) is 0 Å². The Labute approximate surface area is 442 Å². The average Bonchev–Trinajstić information content (AvgIpc) is 3.29. The lowest BCUT2D eigenvalue weighted by atomic mass is 9.85. The monoisotopic (exact) mass is 1080 g/mol. The van der Waals surface area contributed by atoms with Gasteiger partial charge in [0.25, 0.3) is 0 Å². The molecule has 2 aromatic rings. The van der Waals surface area contributed by atoms with Crippen LogP contribution in [0.15, 0.2) is 36.4 Å². The van der Waals surface area contributed by atoms with Crippen molar-refractivity contribution in [3.05, 3.63) is 47.5 Å². The molecule has 4 amide bonds. The van der Waals surface area contributed by atoms with E-state index in [4.69, 9.17) is 27.8 Å². The number of ether oxygens (including phenoxy) is 4. The van der Waals surface area contributed by atoms with E-state index in [-0.39, 0.29) is 59.6 Å². The largest absolute Gasteiger partial charge is 0.497 e. The third-order valence-corrected chi connectivity index (χ3v) is 24.7. The fourth-order valence-electron chi connectivity index (χ4n) is 6.80. The quantitative estimate of drug-likeness (QED) is 0.0228. The molecule has 0 aliphatic heterocycles. The second-order valence-corrected chi connectivity index (χ2v) is 34.8. The maximum absolute atomic E-state index is 13.8. The molecular formula is C52H92N6O10S2Si2. The van der Waals surface area contributed by atoms with Gasteiger partial charge in [0.05, 0.1) is 28.4 Å². The minimum Gasteiger partial charge on any atom is -0.497 e. The second-order valence-electron chi connectivity index (χ2n) is 22.6. The molecule has 0 aliphatic rings. The third-order valence-electron chi connectivity index (χ3n) is 13.4. The summed E-state index contributed by atoms with van der Waals surface area (Å²) < 4.78 is 35.3. The highest BCUT2D eigenvalue weighted by atomic mass is 33.1. The van der Waals surface area contributed by atoms with Crippen LogP contribution in [0.1, 0.15) is 93.2 Å². The van der Waals surface area contributed by atoms with E-state index >= 15 is 0 Å². The first-order chi connectivity index (χ1) is 33.4. The summed E-state index contributed by atoms with van der Waals surface area (Å²) in [6.07, 6.45) is -1.21. The molecule has 6 N–H and O–H groups in total. The number of hydrogen-bond donors (Lipinski definition) is 6. The summed E-state index contributed by atoms with van der Waals surface area (Å²) in [5, 5.41) is 18.6. The Morgan fingerprint density at radius 1 is 0.486 bits per heavy atom. The van der Waals surface area contributed by atoms with Gasteiger partial charge in [-0.05, 0) is 71.7 Å². The lowest BCUT2D eigenvalue weighted by Gasteiger charge is -2.43. The van der Waals surface area contributed by atoms with Crippen molar-refractivity contribution in [3.63, 3.8) is 0 Å². The van der Waals surface area contributed by atoms with Crippen molar-refractivity contribution in [1.82, 2.24) is 31.9 Å². The second kappa shape index (κ2) is 29.5. The zero-order valence-corrected chi connectivity index (χ0v) is 50.6. The molecule has 0 unspecified atom stereocenters. The van der Waals surface area contributed by atoms with Crippen LogP contribution in [0.4, 0.5) is 0 Å². The van der Waals surface area contributed by atoms with Crippen molar-refractivity contribution >= 4 is 61.9 Å². The van der Waals surface area contributed by atoms with Gasteiger partial charge in [-0.25, -0.2) is 0 Å². The fourth-order valence-corrected chi connectivity index (χ4v) is 11.4. The van der Waals surface area contributed by atoms with E-state index in [2.05, 4.69) is 99.6 Å². The Bertz CT molecular complexity index is 1840. The number of rotatable bonds is 33. The molecule has 410 valence electrons. The van der Waals surface area contributed by atoms with Crippen LogP contribution in [0.25, 0.3) is 0 Å². The lowest BCUT2D eigenvalue weighted by Crippen LogP contribution is -2.56. The summed E-state index contributed by atoms with van der Waals surface area (Å²) in [6, 6.07) is 11.5. The van der Waals surface area contributed by atoms with Gasteiger partial charge in [0.2, 0.25) is 23.6 Å². The molecule has 2 atom stereocenters. The molecular weight excluding hydrogens is 989 g/mol. The number of nitrogens with one attached hydrogen (secondary N) is 6. The van der Waals surface area contributed by atoms with Gasteiger partial charge in [-0.1, -0.05) is 90.8 Å². The normalized spacial score (nSPS) is 13.4. The lowest BCUT2D eigenvalue weighted by molar-refractivity contribution is -0.135. The molecule has 0 bridgehead atoms. The number of carbonyl (C=O) groups is 4. The van der Waals surface area contributed by atoms with E-state index in [0.29, 0.717) is 73.8 Å². The molecule has 0 aromatic heterocycles. The highest BCUT2D eigenvalue weighted by molar-refractivity contribution is 8.76. The van der Waals surface area contributed by atoms with Gasteiger partial charge in [-0.3, -0.25) is 19.2 Å². The molecule has 72 heavy (non-hydrogen) atoms. The molecule has 0 saturated carbocycles. The van der Waals surface area contributed by atoms with Crippen LogP contribution >= 0.6 is 21.6 Å². The molecule has 2 aromatic carbocycles. The molecule has 0 heterocycles. The van der Waals surface area contributed by atoms with Crippen molar-refractivity contribution in [2.45, 2.75) is 144 Å². The van der Waals surface area contributed by atoms with E-state index in [0.717, 1.165) is 11.1 Å². The average molecular weight is 1080 g/mol. The predicted octanol–water partition coefficient (Wildman–Crippen LogP) is 8.06. The van der Waals surface area contributed by atoms with Gasteiger partial charge in [0, 0.05) is 99.7 Å². The molecule has 0 fully saturated rings. The Morgan fingerprint density at radius 2 is 0.792 bits per heavy atom. The predicted molar refractivity (Wildman–Crippen MR) is 300 cm³/mol. The Balaban J connectivity index is 1.79. The minimum absolute atomic E-state index is 0.115. The van der Waals surface area contributed by atoms with Gasteiger partial charge < -0.3 is 59.7 Å². The summed E-state index contributed by atoms with van der Waals surface area (Å²) >= 11 is 0. The van der Waals surface area contributed by atoms with E-state index < -0.39 is 39.7 Å². The zero-order chi connectivity index (χ0) is 54.6. The Hall–Kier alpha value is -3.51. The van der Waals surface area contributed by atoms with Crippen LogP contribution in [0.2, 0.25) is 36.3 Å². The number of carbonyl (C=O) groups excluding carboxylic acids is 4. The maximum atomic E-state index is 13.8. The highest BCUT2D eigenvalue weighted by Crippen LogP contribution is 2.41. The first-order valence-electron chi connectivity index (χ1n) is 25.0. The number of hydrogen-bond acceptors (Lipinski definition) is 14. The van der Waals surface area contributed by atoms with Crippen LogP contribution in [-0.2, 0) is 41.1 Å². The standard InChI is InChI=1S/C52H92N6O10S2Si2/c1-49(2,3)71(15,16)67-45(51(7,8)35-53-33-37-27-39(63-11)31-40(28-37)64-12)47(61)57-21-19-43(59)55-23-25-69-70-26-24-56-44(60)20-22-58-48(62)46(68-72(17,18)50(4,5)6)52(9,10)36-54-34-38-29-41(65-13)32-42(30-38)66-14/h27-32,45-46,53-54H,19-26,33-36H2,1-18H3,(H,55,59)(H,56,60)(H,57,61)(H,58,62)/t45-,46-/m0/s1. The van der Waals surface area contributed by atoms with E-state index in [1.807, 2.05) is 64.1 Å². The van der Waals surface area contributed by atoms with Crippen LogP contribution in [0, 0.1) is 10.8 Å². The Morgan fingerprint density at radius 3 is 1.07 bits per heavy atom. The topological polar surface area (TPSA) is 196 Å². The first-order valence-corrected chi connectivity index (χ1v) is 33.3. The minimum atomic E-state index is -2.36. The molecule has 0 saturated heterocycles. The van der Waals surface area contributed by atoms with Crippen molar-refractivity contribution in [1.29, 1.82) is 0 Å². The molecule has 0 aliphatic carbocycles. The Kier molecular flexibility index (Phi) is 26.5. The van der Waals surface area contributed by atoms with Gasteiger partial charge in [0.1, 0.15) is 35.2 Å². The van der Waals surface area contributed by atoms with Crippen LogP contribution in [0.5, 0.6) is 23.0 Å². The summed E-state index contributed by atoms with van der Waals surface area (Å²) in [6.45, 7) is 32.9.